The Morgan fingerprint density at radius 3 is 2.21 bits per heavy atom. The smallest absolute Gasteiger partial charge is 0.325 e. The zero-order chi connectivity index (χ0) is 20.4. The summed E-state index contributed by atoms with van der Waals surface area (Å²) in [6, 6.07) is 13.8. The number of hydrogen-bond donors (Lipinski definition) is 1. The van der Waals surface area contributed by atoms with Crippen molar-refractivity contribution >= 4 is 29.2 Å². The molecule has 0 radical (unpaired) electrons. The van der Waals surface area contributed by atoms with E-state index in [1.54, 1.807) is 19.1 Å². The molecule has 6 nitrogen and oxygen atoms in total. The Morgan fingerprint density at radius 2 is 1.64 bits per heavy atom. The fourth-order valence-electron chi connectivity index (χ4n) is 3.21. The van der Waals surface area contributed by atoms with Crippen LogP contribution in [-0.4, -0.2) is 35.3 Å². The molecule has 146 valence electrons. The molecule has 2 aromatic carbocycles. The first kappa shape index (κ1) is 19.6. The molecule has 1 fully saturated rings. The van der Waals surface area contributed by atoms with Gasteiger partial charge in [0.25, 0.3) is 5.91 Å². The number of carbonyl (C=O) groups is 3. The van der Waals surface area contributed by atoms with E-state index in [4.69, 9.17) is 0 Å². The molecule has 0 aliphatic carbocycles. The number of rotatable bonds is 5. The predicted molar refractivity (Wildman–Crippen MR) is 109 cm³/mol. The minimum Gasteiger partial charge on any atom is -0.325 e. The summed E-state index contributed by atoms with van der Waals surface area (Å²) in [5.41, 5.74) is 3.51. The zero-order valence-electron chi connectivity index (χ0n) is 16.6. The lowest BCUT2D eigenvalue weighted by molar-refractivity contribution is -0.130. The Labute approximate surface area is 165 Å². The van der Waals surface area contributed by atoms with E-state index in [-0.39, 0.29) is 12.5 Å². The Balaban J connectivity index is 1.69. The van der Waals surface area contributed by atoms with Crippen molar-refractivity contribution in [2.75, 3.05) is 16.8 Å². The summed E-state index contributed by atoms with van der Waals surface area (Å²) in [7, 11) is 0. The van der Waals surface area contributed by atoms with E-state index in [1.807, 2.05) is 43.3 Å². The summed E-state index contributed by atoms with van der Waals surface area (Å²) in [5.74, 6) is -0.383. The molecule has 28 heavy (non-hydrogen) atoms. The number of nitrogens with zero attached hydrogens (tertiary/aromatic N) is 2. The van der Waals surface area contributed by atoms with Crippen LogP contribution < -0.4 is 10.2 Å². The van der Waals surface area contributed by atoms with Crippen molar-refractivity contribution < 1.29 is 14.4 Å². The van der Waals surface area contributed by atoms with Gasteiger partial charge in [-0.05, 0) is 49.6 Å². The van der Waals surface area contributed by atoms with Gasteiger partial charge in [-0.25, -0.2) is 4.79 Å². The third-order valence-electron chi connectivity index (χ3n) is 4.92. The highest BCUT2D eigenvalue weighted by molar-refractivity contribution is 6.16. The normalized spacial score (nSPS) is 16.8. The summed E-state index contributed by atoms with van der Waals surface area (Å²) in [5, 5.41) is 2.75. The Bertz CT molecular complexity index is 888. The van der Waals surface area contributed by atoms with E-state index in [0.717, 1.165) is 10.5 Å². The lowest BCUT2D eigenvalue weighted by Crippen LogP contribution is -2.39. The molecule has 2 aromatic rings. The molecule has 1 aliphatic rings. The maximum atomic E-state index is 12.8. The second-order valence-corrected chi connectivity index (χ2v) is 7.41. The Kier molecular flexibility index (Phi) is 5.49. The van der Waals surface area contributed by atoms with Gasteiger partial charge in [0.2, 0.25) is 5.91 Å². The molecule has 1 aliphatic heterocycles. The first-order valence-corrected chi connectivity index (χ1v) is 9.39. The van der Waals surface area contributed by atoms with Crippen LogP contribution in [0.3, 0.4) is 0 Å². The molecule has 0 bridgehead atoms. The monoisotopic (exact) mass is 379 g/mol. The largest absolute Gasteiger partial charge is 0.332 e. The highest BCUT2D eigenvalue weighted by atomic mass is 16.2. The van der Waals surface area contributed by atoms with Crippen LogP contribution in [0.4, 0.5) is 16.2 Å². The van der Waals surface area contributed by atoms with Crippen molar-refractivity contribution in [2.45, 2.75) is 39.7 Å². The molecule has 0 saturated carbocycles. The van der Waals surface area contributed by atoms with Crippen molar-refractivity contribution in [3.8, 4) is 0 Å². The zero-order valence-corrected chi connectivity index (χ0v) is 16.6. The molecule has 6 heteroatoms. The third-order valence-corrected chi connectivity index (χ3v) is 4.92. The van der Waals surface area contributed by atoms with Gasteiger partial charge in [-0.15, -0.1) is 0 Å². The lowest BCUT2D eigenvalue weighted by atomic mass is 10.0. The van der Waals surface area contributed by atoms with Gasteiger partial charge in [0, 0.05) is 11.4 Å². The van der Waals surface area contributed by atoms with Crippen molar-refractivity contribution in [2.24, 2.45) is 0 Å². The van der Waals surface area contributed by atoms with Crippen LogP contribution in [0.15, 0.2) is 48.5 Å². The van der Waals surface area contributed by atoms with Gasteiger partial charge in [-0.1, -0.05) is 43.7 Å². The van der Waals surface area contributed by atoms with Gasteiger partial charge in [-0.3, -0.25) is 19.4 Å². The van der Waals surface area contributed by atoms with E-state index >= 15 is 0 Å². The lowest BCUT2D eigenvalue weighted by Gasteiger charge is -2.19. The Morgan fingerprint density at radius 1 is 1.04 bits per heavy atom. The molecular weight excluding hydrogens is 354 g/mol. The first-order valence-electron chi connectivity index (χ1n) is 9.39. The fourth-order valence-corrected chi connectivity index (χ4v) is 3.21. The molecule has 1 saturated heterocycles. The van der Waals surface area contributed by atoms with E-state index in [1.165, 1.54) is 10.5 Å². The number of hydrogen-bond acceptors (Lipinski definition) is 3. The van der Waals surface area contributed by atoms with E-state index < -0.39 is 18.0 Å². The highest BCUT2D eigenvalue weighted by Gasteiger charge is 2.44. The van der Waals surface area contributed by atoms with Gasteiger partial charge in [0.05, 0.1) is 0 Å². The van der Waals surface area contributed by atoms with E-state index in [0.29, 0.717) is 17.3 Å². The van der Waals surface area contributed by atoms with Crippen molar-refractivity contribution in [1.29, 1.82) is 0 Å². The topological polar surface area (TPSA) is 69.7 Å². The molecule has 0 aromatic heterocycles. The van der Waals surface area contributed by atoms with Crippen molar-refractivity contribution in [3.05, 3.63) is 59.7 Å². The highest BCUT2D eigenvalue weighted by Crippen LogP contribution is 2.26. The summed E-state index contributed by atoms with van der Waals surface area (Å²) in [4.78, 5) is 40.2. The third kappa shape index (κ3) is 3.91. The number of urea groups is 1. The number of anilines is 2. The molecule has 3 rings (SSSR count). The van der Waals surface area contributed by atoms with Gasteiger partial charge < -0.3 is 5.32 Å². The van der Waals surface area contributed by atoms with E-state index in [2.05, 4.69) is 19.2 Å². The summed E-state index contributed by atoms with van der Waals surface area (Å²) in [6.07, 6.45) is 0. The quantitative estimate of drug-likeness (QED) is 0.801. The number of carbonyl (C=O) groups excluding carboxylic acids is 3. The number of benzene rings is 2. The second-order valence-electron chi connectivity index (χ2n) is 7.41. The van der Waals surface area contributed by atoms with Gasteiger partial charge in [-0.2, -0.15) is 0 Å². The fraction of sp³-hybridized carbons (Fsp3) is 0.318. The van der Waals surface area contributed by atoms with Crippen LogP contribution in [0.1, 0.15) is 37.8 Å². The van der Waals surface area contributed by atoms with Crippen LogP contribution in [0, 0.1) is 6.92 Å². The number of nitrogens with one attached hydrogen (secondary N) is 1. The van der Waals surface area contributed by atoms with Crippen LogP contribution in [0.25, 0.3) is 0 Å². The Hall–Kier alpha value is -3.15. The standard InChI is InChI=1S/C22H25N3O3/c1-14(2)17-7-9-18(10-8-17)23-20(26)13-24-21(27)16(4)25(22(24)28)19-11-5-15(3)6-12-19/h5-12,14,16H,13H2,1-4H3,(H,23,26)/t16-/m1/s1. The van der Waals surface area contributed by atoms with Crippen LogP contribution in [0.5, 0.6) is 0 Å². The molecule has 0 unspecified atom stereocenters. The maximum Gasteiger partial charge on any atom is 0.332 e. The molecular formula is C22H25N3O3. The van der Waals surface area contributed by atoms with E-state index in [9.17, 15) is 14.4 Å². The molecule has 1 atom stereocenters. The SMILES string of the molecule is Cc1ccc(N2C(=O)N(CC(=O)Nc3ccc(C(C)C)cc3)C(=O)[C@H]2C)cc1. The average Bonchev–Trinajstić information content (AvgIpc) is 2.86. The molecule has 0 spiro atoms. The minimum absolute atomic E-state index is 0.309. The van der Waals surface area contributed by atoms with Gasteiger partial charge >= 0.3 is 6.03 Å². The summed E-state index contributed by atoms with van der Waals surface area (Å²) in [6.45, 7) is 7.51. The molecule has 1 heterocycles. The number of imide groups is 1. The predicted octanol–water partition coefficient (Wildman–Crippen LogP) is 3.91. The number of amides is 4. The van der Waals surface area contributed by atoms with Crippen molar-refractivity contribution in [3.63, 3.8) is 0 Å². The van der Waals surface area contributed by atoms with Crippen LogP contribution >= 0.6 is 0 Å². The van der Waals surface area contributed by atoms with Gasteiger partial charge in [0.1, 0.15) is 12.6 Å². The van der Waals surface area contributed by atoms with Crippen LogP contribution in [0.2, 0.25) is 0 Å². The second kappa shape index (κ2) is 7.84. The average molecular weight is 379 g/mol. The van der Waals surface area contributed by atoms with Crippen molar-refractivity contribution in [1.82, 2.24) is 4.90 Å². The summed E-state index contributed by atoms with van der Waals surface area (Å²) >= 11 is 0. The number of aryl methyl sites for hydroxylation is 1. The molecule has 1 N–H and O–H groups in total. The molecule has 4 amide bonds. The minimum atomic E-state index is -0.645. The summed E-state index contributed by atoms with van der Waals surface area (Å²) < 4.78 is 0. The first-order chi connectivity index (χ1) is 13.3. The maximum absolute atomic E-state index is 12.8. The van der Waals surface area contributed by atoms with Gasteiger partial charge in [0.15, 0.2) is 0 Å². The van der Waals surface area contributed by atoms with Crippen LogP contribution in [-0.2, 0) is 9.59 Å².